The summed E-state index contributed by atoms with van der Waals surface area (Å²) in [6.07, 6.45) is 0. The van der Waals surface area contributed by atoms with Crippen molar-refractivity contribution in [3.8, 4) is 55.6 Å². The SMILES string of the molecule is CC1(C)c2ccccc2-c2c1ccc1c2oc2c(-c3ccc(N(c4ccc(-c5ccccc5)cc4)c4cc(-c5ccccc5)cc(-c5ccccc5)c4)cc3)cccc21. The van der Waals surface area contributed by atoms with Gasteiger partial charge >= 0.3 is 0 Å². The van der Waals surface area contributed by atoms with E-state index in [4.69, 9.17) is 4.42 Å². The van der Waals surface area contributed by atoms with Crippen LogP contribution in [0.1, 0.15) is 25.0 Å². The number of para-hydroxylation sites is 1. The summed E-state index contributed by atoms with van der Waals surface area (Å²) in [5.41, 5.74) is 19.5. The van der Waals surface area contributed by atoms with Gasteiger partial charge in [-0.25, -0.2) is 0 Å². The van der Waals surface area contributed by atoms with Crippen LogP contribution >= 0.6 is 0 Å². The molecule has 1 aliphatic carbocycles. The van der Waals surface area contributed by atoms with Crippen LogP contribution in [0.25, 0.3) is 77.6 Å². The number of nitrogens with zero attached hydrogens (tertiary/aromatic N) is 1. The standard InChI is InChI=1S/C57H41NO/c1-57(2)52-24-13-12-21-51(52)54-53(57)34-33-50-49-23-14-22-48(55(49)59-56(50)54)42-27-31-46(32-28-42)58(45-29-25-41(26-30-45)38-15-6-3-7-16-38)47-36-43(39-17-8-4-9-18-39)35-44(37-47)40-19-10-5-11-20-40/h3-37H,1-2H3. The number of rotatable bonds is 7. The normalized spacial score (nSPS) is 12.7. The van der Waals surface area contributed by atoms with Gasteiger partial charge in [0, 0.05) is 44.4 Å². The lowest BCUT2D eigenvalue weighted by Crippen LogP contribution is -2.14. The predicted molar refractivity (Wildman–Crippen MR) is 248 cm³/mol. The fourth-order valence-corrected chi connectivity index (χ4v) is 9.27. The van der Waals surface area contributed by atoms with E-state index in [1.54, 1.807) is 0 Å². The zero-order valence-electron chi connectivity index (χ0n) is 33.1. The van der Waals surface area contributed by atoms with Crippen LogP contribution in [0.4, 0.5) is 17.1 Å². The second-order valence-electron chi connectivity index (χ2n) is 16.1. The summed E-state index contributed by atoms with van der Waals surface area (Å²) in [7, 11) is 0. The molecule has 0 fully saturated rings. The van der Waals surface area contributed by atoms with Gasteiger partial charge in [0.15, 0.2) is 0 Å². The number of fused-ring (bicyclic) bond motifs is 7. The molecule has 9 aromatic carbocycles. The molecule has 0 bridgehead atoms. The van der Waals surface area contributed by atoms with E-state index in [9.17, 15) is 0 Å². The molecule has 2 nitrogen and oxygen atoms in total. The van der Waals surface area contributed by atoms with Crippen molar-refractivity contribution < 1.29 is 4.42 Å². The first-order chi connectivity index (χ1) is 29.0. The summed E-state index contributed by atoms with van der Waals surface area (Å²) < 4.78 is 7.00. The molecule has 280 valence electrons. The average molecular weight is 756 g/mol. The average Bonchev–Trinajstić information content (AvgIpc) is 3.80. The quantitative estimate of drug-likeness (QED) is 0.161. The summed E-state index contributed by atoms with van der Waals surface area (Å²) in [4.78, 5) is 2.38. The van der Waals surface area contributed by atoms with Crippen molar-refractivity contribution >= 4 is 39.0 Å². The molecule has 0 spiro atoms. The van der Waals surface area contributed by atoms with Gasteiger partial charge < -0.3 is 9.32 Å². The lowest BCUT2D eigenvalue weighted by molar-refractivity contribution is 0.653. The maximum Gasteiger partial charge on any atom is 0.143 e. The van der Waals surface area contributed by atoms with Crippen LogP contribution in [-0.4, -0.2) is 0 Å². The number of hydrogen-bond donors (Lipinski definition) is 0. The van der Waals surface area contributed by atoms with Crippen LogP contribution in [0.15, 0.2) is 217 Å². The summed E-state index contributed by atoms with van der Waals surface area (Å²) in [6.45, 7) is 4.64. The Labute approximate surface area is 345 Å². The Balaban J connectivity index is 1.05. The molecule has 1 aliphatic rings. The molecule has 10 aromatic rings. The molecule has 59 heavy (non-hydrogen) atoms. The summed E-state index contributed by atoms with van der Waals surface area (Å²) in [5.74, 6) is 0. The van der Waals surface area contributed by atoms with E-state index in [0.717, 1.165) is 50.1 Å². The summed E-state index contributed by atoms with van der Waals surface area (Å²) in [5, 5.41) is 2.29. The van der Waals surface area contributed by atoms with Crippen molar-refractivity contribution in [3.63, 3.8) is 0 Å². The first-order valence-corrected chi connectivity index (χ1v) is 20.4. The fraction of sp³-hybridized carbons (Fsp3) is 0.0526. The molecule has 0 amide bonds. The minimum atomic E-state index is -0.0893. The zero-order valence-corrected chi connectivity index (χ0v) is 33.1. The van der Waals surface area contributed by atoms with Crippen LogP contribution < -0.4 is 4.90 Å². The van der Waals surface area contributed by atoms with Gasteiger partial charge in [0.05, 0.1) is 0 Å². The topological polar surface area (TPSA) is 16.4 Å². The van der Waals surface area contributed by atoms with Crippen molar-refractivity contribution in [3.05, 3.63) is 223 Å². The van der Waals surface area contributed by atoms with E-state index in [1.165, 1.54) is 55.6 Å². The van der Waals surface area contributed by atoms with Gasteiger partial charge in [0.25, 0.3) is 0 Å². The van der Waals surface area contributed by atoms with E-state index in [1.807, 2.05) is 0 Å². The van der Waals surface area contributed by atoms with Gasteiger partial charge in [0.2, 0.25) is 0 Å². The highest BCUT2D eigenvalue weighted by atomic mass is 16.3. The second-order valence-corrected chi connectivity index (χ2v) is 16.1. The Morgan fingerprint density at radius 2 is 0.831 bits per heavy atom. The van der Waals surface area contributed by atoms with Crippen LogP contribution in [0, 0.1) is 0 Å². The van der Waals surface area contributed by atoms with Gasteiger partial charge in [-0.15, -0.1) is 0 Å². The number of furan rings is 1. The maximum absolute atomic E-state index is 7.00. The van der Waals surface area contributed by atoms with E-state index in [2.05, 4.69) is 231 Å². The first-order valence-electron chi connectivity index (χ1n) is 20.4. The molecule has 0 saturated heterocycles. The molecule has 1 aromatic heterocycles. The zero-order chi connectivity index (χ0) is 39.5. The highest BCUT2D eigenvalue weighted by Gasteiger charge is 2.37. The molecule has 1 heterocycles. The van der Waals surface area contributed by atoms with Crippen LogP contribution in [0.2, 0.25) is 0 Å². The first kappa shape index (κ1) is 34.8. The molecule has 0 unspecified atom stereocenters. The number of hydrogen-bond acceptors (Lipinski definition) is 2. The van der Waals surface area contributed by atoms with Crippen molar-refractivity contribution in [2.45, 2.75) is 19.3 Å². The van der Waals surface area contributed by atoms with Crippen LogP contribution in [0.3, 0.4) is 0 Å². The molecule has 2 heteroatoms. The Kier molecular flexibility index (Phi) is 8.20. The Bertz CT molecular complexity index is 3080. The van der Waals surface area contributed by atoms with Gasteiger partial charge in [-0.1, -0.05) is 184 Å². The number of anilines is 3. The predicted octanol–water partition coefficient (Wildman–Crippen LogP) is 16.0. The minimum Gasteiger partial charge on any atom is -0.455 e. The fourth-order valence-electron chi connectivity index (χ4n) is 9.27. The molecule has 11 rings (SSSR count). The molecule has 0 aliphatic heterocycles. The Morgan fingerprint density at radius 1 is 0.339 bits per heavy atom. The van der Waals surface area contributed by atoms with Crippen molar-refractivity contribution in [1.82, 2.24) is 0 Å². The van der Waals surface area contributed by atoms with E-state index >= 15 is 0 Å². The van der Waals surface area contributed by atoms with Gasteiger partial charge in [-0.05, 0) is 98.1 Å². The van der Waals surface area contributed by atoms with E-state index in [-0.39, 0.29) is 5.41 Å². The smallest absolute Gasteiger partial charge is 0.143 e. The lowest BCUT2D eigenvalue weighted by atomic mass is 9.82. The molecule has 0 N–H and O–H groups in total. The van der Waals surface area contributed by atoms with Gasteiger partial charge in [-0.2, -0.15) is 0 Å². The Hall–Kier alpha value is -7.42. The monoisotopic (exact) mass is 755 g/mol. The summed E-state index contributed by atoms with van der Waals surface area (Å²) >= 11 is 0. The van der Waals surface area contributed by atoms with Crippen molar-refractivity contribution in [1.29, 1.82) is 0 Å². The minimum absolute atomic E-state index is 0.0893. The molecule has 0 saturated carbocycles. The maximum atomic E-state index is 7.00. The second kappa shape index (κ2) is 13.9. The molecule has 0 atom stereocenters. The van der Waals surface area contributed by atoms with Gasteiger partial charge in [-0.3, -0.25) is 0 Å². The summed E-state index contributed by atoms with van der Waals surface area (Å²) in [6, 6.07) is 76.7. The van der Waals surface area contributed by atoms with Crippen molar-refractivity contribution in [2.75, 3.05) is 4.90 Å². The van der Waals surface area contributed by atoms with E-state index in [0.29, 0.717) is 0 Å². The third-order valence-electron chi connectivity index (χ3n) is 12.3. The largest absolute Gasteiger partial charge is 0.455 e. The number of benzene rings is 9. The van der Waals surface area contributed by atoms with Crippen LogP contribution in [0.5, 0.6) is 0 Å². The lowest BCUT2D eigenvalue weighted by Gasteiger charge is -2.27. The molecule has 0 radical (unpaired) electrons. The molecular formula is C57H41NO. The van der Waals surface area contributed by atoms with Crippen molar-refractivity contribution in [2.24, 2.45) is 0 Å². The van der Waals surface area contributed by atoms with Crippen LogP contribution in [-0.2, 0) is 5.41 Å². The highest BCUT2D eigenvalue weighted by Crippen LogP contribution is 2.53. The van der Waals surface area contributed by atoms with Gasteiger partial charge in [0.1, 0.15) is 11.2 Å². The highest BCUT2D eigenvalue weighted by molar-refractivity contribution is 6.14. The Morgan fingerprint density at radius 3 is 1.44 bits per heavy atom. The third-order valence-corrected chi connectivity index (χ3v) is 12.3. The third kappa shape index (κ3) is 5.87. The molecular weight excluding hydrogens is 715 g/mol. The van der Waals surface area contributed by atoms with E-state index < -0.39 is 0 Å².